The third-order valence-corrected chi connectivity index (χ3v) is 5.45. The van der Waals surface area contributed by atoms with E-state index >= 15 is 0 Å². The van der Waals surface area contributed by atoms with E-state index in [2.05, 4.69) is 4.74 Å². The molecule has 1 saturated carbocycles. The molecule has 0 aromatic carbocycles. The molecule has 0 aliphatic heterocycles. The predicted octanol–water partition coefficient (Wildman–Crippen LogP) is 1.78. The monoisotopic (exact) mass is 291 g/mol. The van der Waals surface area contributed by atoms with Crippen LogP contribution < -0.4 is 0 Å². The number of carbonyl (C=O) groups excluding carboxylic acids is 1. The molecule has 1 aliphatic carbocycles. The minimum atomic E-state index is -3.37. The van der Waals surface area contributed by atoms with E-state index in [9.17, 15) is 13.2 Å². The van der Waals surface area contributed by atoms with Gasteiger partial charge in [0.1, 0.15) is 6.54 Å². The van der Waals surface area contributed by atoms with Gasteiger partial charge in [0.2, 0.25) is 10.0 Å². The number of ether oxygens (including phenoxy) is 1. The van der Waals surface area contributed by atoms with Crippen LogP contribution in [0.4, 0.5) is 0 Å². The predicted molar refractivity (Wildman–Crippen MR) is 74.2 cm³/mol. The van der Waals surface area contributed by atoms with Crippen molar-refractivity contribution >= 4 is 16.0 Å². The lowest BCUT2D eigenvalue weighted by atomic mass is 10.2. The van der Waals surface area contributed by atoms with Gasteiger partial charge in [-0.2, -0.15) is 4.31 Å². The van der Waals surface area contributed by atoms with Gasteiger partial charge in [0.05, 0.1) is 12.9 Å². The molecule has 6 heteroatoms. The zero-order chi connectivity index (χ0) is 14.5. The summed E-state index contributed by atoms with van der Waals surface area (Å²) in [5, 5.41) is 0. The summed E-state index contributed by atoms with van der Waals surface area (Å²) in [5.74, 6) is -0.0450. The van der Waals surface area contributed by atoms with E-state index in [0.29, 0.717) is 12.3 Å². The lowest BCUT2D eigenvalue weighted by Gasteiger charge is -2.27. The molecule has 112 valence electrons. The molecule has 1 fully saturated rings. The van der Waals surface area contributed by atoms with Gasteiger partial charge >= 0.3 is 5.97 Å². The highest BCUT2D eigenvalue weighted by molar-refractivity contribution is 7.89. The first-order valence-electron chi connectivity index (χ1n) is 6.93. The second kappa shape index (κ2) is 7.24. The fraction of sp³-hybridized carbons (Fsp3) is 0.923. The first kappa shape index (κ1) is 16.4. The molecule has 0 unspecified atom stereocenters. The molecule has 1 aliphatic rings. The SMILES string of the molecule is COC(=O)CN(C1CCCC1)S(=O)(=O)CCC(C)C. The van der Waals surface area contributed by atoms with Gasteiger partial charge in [-0.3, -0.25) is 4.79 Å². The second-order valence-electron chi connectivity index (χ2n) is 5.56. The highest BCUT2D eigenvalue weighted by atomic mass is 32.2. The Kier molecular flexibility index (Phi) is 6.26. The molecule has 0 bridgehead atoms. The molecule has 0 saturated heterocycles. The number of rotatable bonds is 7. The maximum Gasteiger partial charge on any atom is 0.321 e. The number of hydrogen-bond acceptors (Lipinski definition) is 4. The largest absolute Gasteiger partial charge is 0.468 e. The first-order valence-corrected chi connectivity index (χ1v) is 8.54. The molecule has 0 radical (unpaired) electrons. The Morgan fingerprint density at radius 1 is 1.32 bits per heavy atom. The maximum absolute atomic E-state index is 12.4. The van der Waals surface area contributed by atoms with Crippen LogP contribution in [0.3, 0.4) is 0 Å². The second-order valence-corrected chi connectivity index (χ2v) is 7.60. The van der Waals surface area contributed by atoms with Gasteiger partial charge in [0.15, 0.2) is 0 Å². The molecule has 5 nitrogen and oxygen atoms in total. The van der Waals surface area contributed by atoms with Crippen molar-refractivity contribution in [2.45, 2.75) is 52.0 Å². The van der Waals surface area contributed by atoms with Crippen molar-refractivity contribution in [3.8, 4) is 0 Å². The summed E-state index contributed by atoms with van der Waals surface area (Å²) in [6, 6.07) is -0.0312. The third-order valence-electron chi connectivity index (χ3n) is 3.56. The van der Waals surface area contributed by atoms with Crippen LogP contribution in [0.5, 0.6) is 0 Å². The molecule has 0 aromatic heterocycles. The van der Waals surface area contributed by atoms with Crippen molar-refractivity contribution in [1.82, 2.24) is 4.31 Å². The van der Waals surface area contributed by atoms with Gasteiger partial charge in [0, 0.05) is 6.04 Å². The molecular formula is C13H25NO4S. The first-order chi connectivity index (χ1) is 8.86. The van der Waals surface area contributed by atoms with Gasteiger partial charge in [-0.25, -0.2) is 8.42 Å². The maximum atomic E-state index is 12.4. The summed E-state index contributed by atoms with van der Waals surface area (Å²) in [7, 11) is -2.09. The summed E-state index contributed by atoms with van der Waals surface area (Å²) < 4.78 is 30.8. The van der Waals surface area contributed by atoms with E-state index in [4.69, 9.17) is 0 Å². The lowest BCUT2D eigenvalue weighted by Crippen LogP contribution is -2.43. The Hall–Kier alpha value is -0.620. The molecule has 0 aromatic rings. The number of hydrogen-bond donors (Lipinski definition) is 0. The highest BCUT2D eigenvalue weighted by Crippen LogP contribution is 2.26. The summed E-state index contributed by atoms with van der Waals surface area (Å²) >= 11 is 0. The zero-order valence-corrected chi connectivity index (χ0v) is 12.9. The molecule has 1 rings (SSSR count). The Balaban J connectivity index is 2.78. The summed E-state index contributed by atoms with van der Waals surface area (Å²) in [6.45, 7) is 3.84. The molecule has 0 N–H and O–H groups in total. The molecule has 0 spiro atoms. The minimum Gasteiger partial charge on any atom is -0.468 e. The van der Waals surface area contributed by atoms with Gasteiger partial charge in [0.25, 0.3) is 0 Å². The molecular weight excluding hydrogens is 266 g/mol. The van der Waals surface area contributed by atoms with Gasteiger partial charge < -0.3 is 4.74 Å². The normalized spacial score (nSPS) is 17.3. The Labute approximate surface area is 116 Å². The zero-order valence-electron chi connectivity index (χ0n) is 12.1. The minimum absolute atomic E-state index is 0.0312. The molecule has 19 heavy (non-hydrogen) atoms. The van der Waals surface area contributed by atoms with E-state index < -0.39 is 16.0 Å². The van der Waals surface area contributed by atoms with Crippen LogP contribution in [-0.4, -0.2) is 44.1 Å². The number of nitrogens with zero attached hydrogens (tertiary/aromatic N) is 1. The lowest BCUT2D eigenvalue weighted by molar-refractivity contribution is -0.141. The summed E-state index contributed by atoms with van der Waals surface area (Å²) in [4.78, 5) is 11.4. The number of sulfonamides is 1. The van der Waals surface area contributed by atoms with E-state index in [0.717, 1.165) is 25.7 Å². The number of methoxy groups -OCH3 is 1. The summed E-state index contributed by atoms with van der Waals surface area (Å²) in [5.41, 5.74) is 0. The van der Waals surface area contributed by atoms with E-state index in [1.54, 1.807) is 0 Å². The Morgan fingerprint density at radius 3 is 2.37 bits per heavy atom. The number of carbonyl (C=O) groups is 1. The van der Waals surface area contributed by atoms with Crippen molar-refractivity contribution in [3.05, 3.63) is 0 Å². The highest BCUT2D eigenvalue weighted by Gasteiger charge is 2.33. The van der Waals surface area contributed by atoms with E-state index in [-0.39, 0.29) is 18.3 Å². The molecule has 0 amide bonds. The van der Waals surface area contributed by atoms with Crippen molar-refractivity contribution in [1.29, 1.82) is 0 Å². The van der Waals surface area contributed by atoms with Gasteiger partial charge in [-0.05, 0) is 25.2 Å². The Morgan fingerprint density at radius 2 is 1.89 bits per heavy atom. The average molecular weight is 291 g/mol. The third kappa shape index (κ3) is 5.10. The van der Waals surface area contributed by atoms with Crippen LogP contribution in [-0.2, 0) is 19.6 Å². The fourth-order valence-electron chi connectivity index (χ4n) is 2.34. The topological polar surface area (TPSA) is 63.7 Å². The Bertz CT molecular complexity index is 385. The molecule has 0 heterocycles. The van der Waals surface area contributed by atoms with E-state index in [1.165, 1.54) is 11.4 Å². The molecule has 0 atom stereocenters. The van der Waals surface area contributed by atoms with Crippen molar-refractivity contribution < 1.29 is 17.9 Å². The quantitative estimate of drug-likeness (QED) is 0.671. The van der Waals surface area contributed by atoms with Crippen molar-refractivity contribution in [3.63, 3.8) is 0 Å². The van der Waals surface area contributed by atoms with Crippen LogP contribution >= 0.6 is 0 Å². The van der Waals surface area contributed by atoms with Crippen molar-refractivity contribution in [2.75, 3.05) is 19.4 Å². The fourth-order valence-corrected chi connectivity index (χ4v) is 4.31. The van der Waals surface area contributed by atoms with E-state index in [1.807, 2.05) is 13.8 Å². The number of esters is 1. The average Bonchev–Trinajstić information content (AvgIpc) is 2.86. The van der Waals surface area contributed by atoms with Gasteiger partial charge in [-0.1, -0.05) is 26.7 Å². The van der Waals surface area contributed by atoms with Crippen LogP contribution in [0, 0.1) is 5.92 Å². The van der Waals surface area contributed by atoms with Crippen LogP contribution in [0.1, 0.15) is 46.0 Å². The van der Waals surface area contributed by atoms with Crippen molar-refractivity contribution in [2.24, 2.45) is 5.92 Å². The standard InChI is InChI=1S/C13H25NO4S/c1-11(2)8-9-19(16,17)14(10-13(15)18-3)12-6-4-5-7-12/h11-12H,4-10H2,1-3H3. The van der Waals surface area contributed by atoms with Gasteiger partial charge in [-0.15, -0.1) is 0 Å². The van der Waals surface area contributed by atoms with Crippen LogP contribution in [0.2, 0.25) is 0 Å². The van der Waals surface area contributed by atoms with Crippen LogP contribution in [0.15, 0.2) is 0 Å². The smallest absolute Gasteiger partial charge is 0.321 e. The van der Waals surface area contributed by atoms with Crippen LogP contribution in [0.25, 0.3) is 0 Å². The summed E-state index contributed by atoms with van der Waals surface area (Å²) in [6.07, 6.45) is 4.37.